The summed E-state index contributed by atoms with van der Waals surface area (Å²) in [5.74, 6) is 0.146. The molecule has 1 saturated heterocycles. The lowest BCUT2D eigenvalue weighted by molar-refractivity contribution is -0.137. The van der Waals surface area contributed by atoms with Gasteiger partial charge in [0, 0.05) is 18.5 Å². The van der Waals surface area contributed by atoms with Crippen LogP contribution in [0.5, 0.6) is 0 Å². The van der Waals surface area contributed by atoms with Gasteiger partial charge in [0.15, 0.2) is 0 Å². The van der Waals surface area contributed by atoms with Gasteiger partial charge in [-0.3, -0.25) is 4.79 Å². The van der Waals surface area contributed by atoms with E-state index in [-0.39, 0.29) is 24.1 Å². The number of aliphatic hydroxyl groups is 1. The number of hydrogen-bond donors (Lipinski definition) is 2. The zero-order chi connectivity index (χ0) is 12.3. The number of carbonyl (C=O) groups is 1. The predicted molar refractivity (Wildman–Crippen MR) is 66.4 cm³/mol. The smallest absolute Gasteiger partial charge is 0.224 e. The van der Waals surface area contributed by atoms with Gasteiger partial charge in [-0.2, -0.15) is 0 Å². The number of hydrogen-bond acceptors (Lipinski definition) is 3. The first-order valence-electron chi connectivity index (χ1n) is 6.84. The highest BCUT2D eigenvalue weighted by Gasteiger charge is 2.35. The van der Waals surface area contributed by atoms with Gasteiger partial charge in [0.2, 0.25) is 5.91 Å². The van der Waals surface area contributed by atoms with E-state index in [4.69, 9.17) is 5.73 Å². The quantitative estimate of drug-likeness (QED) is 0.774. The van der Waals surface area contributed by atoms with E-state index < -0.39 is 0 Å². The number of aliphatic hydroxyl groups excluding tert-OH is 1. The standard InChI is InChI=1S/C13H24N2O2/c14-13(6-2-3-7-13)9-12(17)15-8-4-1-5-11(15)10-16/h11,16H,1-10,14H2. The minimum atomic E-state index is -0.269. The van der Waals surface area contributed by atoms with E-state index >= 15 is 0 Å². The van der Waals surface area contributed by atoms with Crippen molar-refractivity contribution >= 4 is 5.91 Å². The second kappa shape index (κ2) is 5.36. The average molecular weight is 240 g/mol. The van der Waals surface area contributed by atoms with Crippen LogP contribution >= 0.6 is 0 Å². The molecule has 98 valence electrons. The predicted octanol–water partition coefficient (Wildman–Crippen LogP) is 1.02. The molecule has 2 fully saturated rings. The molecule has 1 aliphatic heterocycles. The molecule has 0 bridgehead atoms. The third-order valence-electron chi connectivity index (χ3n) is 4.26. The lowest BCUT2D eigenvalue weighted by Crippen LogP contribution is -2.50. The van der Waals surface area contributed by atoms with Gasteiger partial charge in [0.05, 0.1) is 12.6 Å². The number of rotatable bonds is 3. The number of nitrogens with two attached hydrogens (primary N) is 1. The lowest BCUT2D eigenvalue weighted by Gasteiger charge is -2.36. The highest BCUT2D eigenvalue weighted by Crippen LogP contribution is 2.31. The van der Waals surface area contributed by atoms with Crippen molar-refractivity contribution < 1.29 is 9.90 Å². The highest BCUT2D eigenvalue weighted by molar-refractivity contribution is 5.78. The molecule has 1 aliphatic carbocycles. The fraction of sp³-hybridized carbons (Fsp3) is 0.923. The van der Waals surface area contributed by atoms with E-state index in [1.807, 2.05) is 4.90 Å². The van der Waals surface area contributed by atoms with Gasteiger partial charge in [-0.1, -0.05) is 12.8 Å². The number of amides is 1. The summed E-state index contributed by atoms with van der Waals surface area (Å²) in [5.41, 5.74) is 5.97. The number of nitrogens with zero attached hydrogens (tertiary/aromatic N) is 1. The van der Waals surface area contributed by atoms with Crippen molar-refractivity contribution in [2.45, 2.75) is 62.9 Å². The third kappa shape index (κ3) is 2.99. The number of likely N-dealkylation sites (tertiary alicyclic amines) is 1. The Bertz CT molecular complexity index is 275. The molecule has 17 heavy (non-hydrogen) atoms. The van der Waals surface area contributed by atoms with Gasteiger partial charge in [-0.15, -0.1) is 0 Å². The van der Waals surface area contributed by atoms with Crippen LogP contribution in [0.15, 0.2) is 0 Å². The van der Waals surface area contributed by atoms with Crippen LogP contribution in [0.3, 0.4) is 0 Å². The Morgan fingerprint density at radius 3 is 2.65 bits per heavy atom. The first-order valence-corrected chi connectivity index (χ1v) is 6.84. The van der Waals surface area contributed by atoms with Crippen LogP contribution in [0, 0.1) is 0 Å². The van der Waals surface area contributed by atoms with Crippen molar-refractivity contribution in [2.24, 2.45) is 5.73 Å². The fourth-order valence-electron chi connectivity index (χ4n) is 3.18. The molecule has 2 rings (SSSR count). The molecule has 0 radical (unpaired) electrons. The Kier molecular flexibility index (Phi) is 4.05. The zero-order valence-electron chi connectivity index (χ0n) is 10.5. The van der Waals surface area contributed by atoms with Crippen LogP contribution in [-0.4, -0.2) is 40.6 Å². The summed E-state index contributed by atoms with van der Waals surface area (Å²) < 4.78 is 0. The van der Waals surface area contributed by atoms with Crippen LogP contribution in [0.2, 0.25) is 0 Å². The van der Waals surface area contributed by atoms with Crippen molar-refractivity contribution in [3.05, 3.63) is 0 Å². The van der Waals surface area contributed by atoms with Crippen LogP contribution < -0.4 is 5.73 Å². The van der Waals surface area contributed by atoms with Crippen LogP contribution in [-0.2, 0) is 4.79 Å². The maximum atomic E-state index is 12.3. The molecular weight excluding hydrogens is 216 g/mol. The summed E-state index contributed by atoms with van der Waals surface area (Å²) in [6.45, 7) is 0.878. The van der Waals surface area contributed by atoms with Crippen molar-refractivity contribution in [1.29, 1.82) is 0 Å². The molecule has 1 amide bonds. The van der Waals surface area contributed by atoms with E-state index in [0.717, 1.165) is 51.5 Å². The van der Waals surface area contributed by atoms with E-state index in [2.05, 4.69) is 0 Å². The largest absolute Gasteiger partial charge is 0.394 e. The fourth-order valence-corrected chi connectivity index (χ4v) is 3.18. The lowest BCUT2D eigenvalue weighted by atomic mass is 9.92. The van der Waals surface area contributed by atoms with Crippen molar-refractivity contribution in [3.63, 3.8) is 0 Å². The van der Waals surface area contributed by atoms with Gasteiger partial charge in [0.1, 0.15) is 0 Å². The summed E-state index contributed by atoms with van der Waals surface area (Å²) >= 11 is 0. The molecule has 1 atom stereocenters. The van der Waals surface area contributed by atoms with Crippen LogP contribution in [0.4, 0.5) is 0 Å². The molecule has 4 heteroatoms. The number of carbonyl (C=O) groups excluding carboxylic acids is 1. The maximum absolute atomic E-state index is 12.3. The van der Waals surface area contributed by atoms with Gasteiger partial charge in [-0.25, -0.2) is 0 Å². The Hall–Kier alpha value is -0.610. The zero-order valence-corrected chi connectivity index (χ0v) is 10.5. The van der Waals surface area contributed by atoms with Gasteiger partial charge < -0.3 is 15.7 Å². The maximum Gasteiger partial charge on any atom is 0.224 e. The van der Waals surface area contributed by atoms with Crippen molar-refractivity contribution in [2.75, 3.05) is 13.2 Å². The van der Waals surface area contributed by atoms with Gasteiger partial charge >= 0.3 is 0 Å². The van der Waals surface area contributed by atoms with Crippen molar-refractivity contribution in [1.82, 2.24) is 4.90 Å². The molecule has 1 heterocycles. The first kappa shape index (κ1) is 12.8. The summed E-state index contributed by atoms with van der Waals surface area (Å²) in [6, 6.07) is 0.0289. The van der Waals surface area contributed by atoms with Gasteiger partial charge in [0.25, 0.3) is 0 Å². The van der Waals surface area contributed by atoms with E-state index in [1.165, 1.54) is 0 Å². The summed E-state index contributed by atoms with van der Waals surface area (Å²) in [6.07, 6.45) is 7.79. The molecule has 0 aromatic heterocycles. The second-order valence-corrected chi connectivity index (χ2v) is 5.67. The molecule has 2 aliphatic rings. The summed E-state index contributed by atoms with van der Waals surface area (Å²) in [4.78, 5) is 14.1. The normalized spacial score (nSPS) is 28.4. The molecule has 0 spiro atoms. The van der Waals surface area contributed by atoms with Crippen LogP contribution in [0.25, 0.3) is 0 Å². The molecule has 3 N–H and O–H groups in total. The summed E-state index contributed by atoms with van der Waals surface area (Å²) in [5, 5.41) is 9.31. The Morgan fingerprint density at radius 1 is 1.29 bits per heavy atom. The summed E-state index contributed by atoms with van der Waals surface area (Å²) in [7, 11) is 0. The monoisotopic (exact) mass is 240 g/mol. The van der Waals surface area contributed by atoms with Gasteiger partial charge in [-0.05, 0) is 32.1 Å². The SMILES string of the molecule is NC1(CC(=O)N2CCCCC2CO)CCCC1. The minimum absolute atomic E-state index is 0.0289. The van der Waals surface area contributed by atoms with E-state index in [0.29, 0.717) is 6.42 Å². The average Bonchev–Trinajstić information content (AvgIpc) is 2.75. The molecule has 0 aromatic rings. The Labute approximate surface area is 103 Å². The topological polar surface area (TPSA) is 66.6 Å². The minimum Gasteiger partial charge on any atom is -0.394 e. The van der Waals surface area contributed by atoms with Crippen LogP contribution in [0.1, 0.15) is 51.4 Å². The van der Waals surface area contributed by atoms with Crippen molar-refractivity contribution in [3.8, 4) is 0 Å². The second-order valence-electron chi connectivity index (χ2n) is 5.67. The van der Waals surface area contributed by atoms with E-state index in [1.54, 1.807) is 0 Å². The molecule has 1 unspecified atom stereocenters. The molecule has 0 aromatic carbocycles. The third-order valence-corrected chi connectivity index (χ3v) is 4.26. The number of piperidine rings is 1. The Balaban J connectivity index is 1.93. The molecular formula is C13H24N2O2. The Morgan fingerprint density at radius 2 is 2.00 bits per heavy atom. The van der Waals surface area contributed by atoms with E-state index in [9.17, 15) is 9.90 Å². The first-order chi connectivity index (χ1) is 8.14. The molecule has 4 nitrogen and oxygen atoms in total. The highest BCUT2D eigenvalue weighted by atomic mass is 16.3. The molecule has 1 saturated carbocycles.